The van der Waals surface area contributed by atoms with Crippen molar-refractivity contribution < 1.29 is 19.1 Å². The fraction of sp³-hybridized carbons (Fsp3) is 0.294. The summed E-state index contributed by atoms with van der Waals surface area (Å²) < 4.78 is 4.97. The lowest BCUT2D eigenvalue weighted by molar-refractivity contribution is -0.135. The molecule has 2 unspecified atom stereocenters. The minimum absolute atomic E-state index is 0.0727. The van der Waals surface area contributed by atoms with E-state index in [9.17, 15) is 14.4 Å². The van der Waals surface area contributed by atoms with Crippen LogP contribution >= 0.6 is 0 Å². The molecular weight excluding hydrogens is 310 g/mol. The molecule has 1 N–H and O–H groups in total. The largest absolute Gasteiger partial charge is 0.461 e. The zero-order valence-electron chi connectivity index (χ0n) is 13.0. The van der Waals surface area contributed by atoms with Crippen LogP contribution in [-0.4, -0.2) is 41.1 Å². The van der Waals surface area contributed by atoms with E-state index in [2.05, 4.69) is 10.5 Å². The molecule has 3 rings (SSSR count). The van der Waals surface area contributed by atoms with Gasteiger partial charge >= 0.3 is 5.97 Å². The molecule has 0 radical (unpaired) electrons. The lowest BCUT2D eigenvalue weighted by atomic mass is 9.96. The van der Waals surface area contributed by atoms with Gasteiger partial charge in [-0.3, -0.25) is 5.43 Å². The summed E-state index contributed by atoms with van der Waals surface area (Å²) in [6, 6.07) is 8.76. The number of fused-ring (bicyclic) bond motifs is 1. The number of nitrogens with zero attached hydrogens (tertiary/aromatic N) is 2. The first-order valence-corrected chi connectivity index (χ1v) is 7.53. The molecule has 1 saturated heterocycles. The Bertz CT molecular complexity index is 789. The molecule has 2 aliphatic rings. The Kier molecular flexibility index (Phi) is 4.29. The maximum Gasteiger partial charge on any atom is 0.355 e. The number of carbonyl (C=O) groups excluding carboxylic acids is 3. The summed E-state index contributed by atoms with van der Waals surface area (Å²) in [5.74, 6) is 2.42. The van der Waals surface area contributed by atoms with Crippen LogP contribution in [0.1, 0.15) is 12.5 Å². The molecule has 122 valence electrons. The predicted molar refractivity (Wildman–Crippen MR) is 84.9 cm³/mol. The van der Waals surface area contributed by atoms with Crippen LogP contribution in [0.2, 0.25) is 0 Å². The number of likely N-dealkylation sites (tertiary alicyclic amines) is 1. The van der Waals surface area contributed by atoms with Gasteiger partial charge in [-0.05, 0) is 12.5 Å². The maximum atomic E-state index is 12.0. The quantitative estimate of drug-likeness (QED) is 0.638. The SMILES string of the molecule is CCOC(=O)C1=NNC2C(=C=O)N(Cc3ccccc3)C(=C=O)C12. The summed E-state index contributed by atoms with van der Waals surface area (Å²) in [6.07, 6.45) is 0. The highest BCUT2D eigenvalue weighted by Gasteiger charge is 2.51. The van der Waals surface area contributed by atoms with Crippen molar-refractivity contribution in [2.24, 2.45) is 11.0 Å². The summed E-state index contributed by atoms with van der Waals surface area (Å²) in [5.41, 5.74) is 4.12. The van der Waals surface area contributed by atoms with Gasteiger partial charge in [0.25, 0.3) is 0 Å². The zero-order valence-corrected chi connectivity index (χ0v) is 13.0. The molecular formula is C17H15N3O4. The second kappa shape index (κ2) is 6.54. The molecule has 1 aromatic carbocycles. The zero-order chi connectivity index (χ0) is 17.1. The molecule has 0 amide bonds. The number of esters is 1. The molecule has 7 heteroatoms. The van der Waals surface area contributed by atoms with Gasteiger partial charge in [-0.15, -0.1) is 0 Å². The summed E-state index contributed by atoms with van der Waals surface area (Å²) in [7, 11) is 0. The molecule has 24 heavy (non-hydrogen) atoms. The Labute approximate surface area is 138 Å². The number of ether oxygens (including phenoxy) is 1. The molecule has 1 aromatic rings. The van der Waals surface area contributed by atoms with Crippen LogP contribution in [0.25, 0.3) is 0 Å². The number of hydrazone groups is 1. The van der Waals surface area contributed by atoms with E-state index in [1.807, 2.05) is 42.2 Å². The summed E-state index contributed by atoms with van der Waals surface area (Å²) in [6.45, 7) is 2.18. The van der Waals surface area contributed by atoms with Crippen molar-refractivity contribution in [3.63, 3.8) is 0 Å². The van der Waals surface area contributed by atoms with Crippen molar-refractivity contribution >= 4 is 23.6 Å². The van der Waals surface area contributed by atoms with Gasteiger partial charge in [0.1, 0.15) is 29.3 Å². The Hall–Kier alpha value is -3.14. The number of benzene rings is 1. The molecule has 2 atom stereocenters. The molecule has 2 aliphatic heterocycles. The number of rotatable bonds is 4. The molecule has 0 bridgehead atoms. The van der Waals surface area contributed by atoms with Crippen LogP contribution < -0.4 is 5.43 Å². The van der Waals surface area contributed by atoms with Gasteiger partial charge in [0, 0.05) is 6.54 Å². The smallest absolute Gasteiger partial charge is 0.355 e. The molecule has 0 aromatic heterocycles. The highest BCUT2D eigenvalue weighted by atomic mass is 16.5. The maximum absolute atomic E-state index is 12.0. The van der Waals surface area contributed by atoms with E-state index < -0.39 is 17.9 Å². The Morgan fingerprint density at radius 2 is 1.96 bits per heavy atom. The fourth-order valence-corrected chi connectivity index (χ4v) is 2.96. The Balaban J connectivity index is 1.95. The lowest BCUT2D eigenvalue weighted by Gasteiger charge is -2.19. The van der Waals surface area contributed by atoms with Gasteiger partial charge in [0.2, 0.25) is 0 Å². The van der Waals surface area contributed by atoms with Gasteiger partial charge in [0.05, 0.1) is 12.5 Å². The highest BCUT2D eigenvalue weighted by Crippen LogP contribution is 2.38. The fourth-order valence-electron chi connectivity index (χ4n) is 2.96. The Morgan fingerprint density at radius 3 is 2.58 bits per heavy atom. The van der Waals surface area contributed by atoms with Crippen molar-refractivity contribution in [1.82, 2.24) is 10.3 Å². The monoisotopic (exact) mass is 325 g/mol. The van der Waals surface area contributed by atoms with Crippen LogP contribution in [0.3, 0.4) is 0 Å². The van der Waals surface area contributed by atoms with Crippen molar-refractivity contribution in [3.8, 4) is 0 Å². The van der Waals surface area contributed by atoms with E-state index in [1.165, 1.54) is 4.90 Å². The Morgan fingerprint density at radius 1 is 1.25 bits per heavy atom. The molecule has 0 spiro atoms. The van der Waals surface area contributed by atoms with Crippen molar-refractivity contribution in [2.75, 3.05) is 6.61 Å². The number of hydrogen-bond donors (Lipinski definition) is 1. The molecule has 7 nitrogen and oxygen atoms in total. The topological polar surface area (TPSA) is 88.1 Å². The van der Waals surface area contributed by atoms with Crippen molar-refractivity contribution in [3.05, 3.63) is 47.3 Å². The van der Waals surface area contributed by atoms with Gasteiger partial charge < -0.3 is 9.64 Å². The first-order valence-electron chi connectivity index (χ1n) is 7.53. The molecule has 0 aliphatic carbocycles. The first kappa shape index (κ1) is 15.7. The third-order valence-electron chi connectivity index (χ3n) is 4.00. The van der Waals surface area contributed by atoms with E-state index >= 15 is 0 Å². The lowest BCUT2D eigenvalue weighted by Crippen LogP contribution is -2.30. The molecule has 2 heterocycles. The normalized spacial score (nSPS) is 21.5. The summed E-state index contributed by atoms with van der Waals surface area (Å²) in [5, 5.41) is 3.94. The van der Waals surface area contributed by atoms with E-state index in [0.29, 0.717) is 6.54 Å². The number of hydrogen-bond acceptors (Lipinski definition) is 7. The second-order valence-electron chi connectivity index (χ2n) is 5.35. The third kappa shape index (κ3) is 2.52. The van der Waals surface area contributed by atoms with Crippen LogP contribution in [0.15, 0.2) is 46.8 Å². The predicted octanol–water partition coefficient (Wildman–Crippen LogP) is 0.440. The standard InChI is InChI=1S/C17H15N3O4/c1-2-24-17(23)16-14-12(9-21)20(8-11-6-4-3-5-7-11)13(10-22)15(14)18-19-16/h3-7,14-15,18H,2,8H2,1H3. The number of carbonyl (C=O) groups is 1. The van der Waals surface area contributed by atoms with Crippen LogP contribution in [0.4, 0.5) is 0 Å². The molecule has 0 saturated carbocycles. The third-order valence-corrected chi connectivity index (χ3v) is 4.00. The van der Waals surface area contributed by atoms with Gasteiger partial charge in [-0.1, -0.05) is 30.3 Å². The van der Waals surface area contributed by atoms with E-state index in [0.717, 1.165) is 5.56 Å². The highest BCUT2D eigenvalue weighted by molar-refractivity contribution is 6.39. The van der Waals surface area contributed by atoms with E-state index in [-0.39, 0.29) is 23.7 Å². The van der Waals surface area contributed by atoms with Gasteiger partial charge in [-0.25, -0.2) is 14.4 Å². The first-order chi connectivity index (χ1) is 11.7. The second-order valence-corrected chi connectivity index (χ2v) is 5.35. The molecule has 1 fully saturated rings. The minimum atomic E-state index is -0.693. The van der Waals surface area contributed by atoms with E-state index in [4.69, 9.17) is 4.74 Å². The van der Waals surface area contributed by atoms with Crippen molar-refractivity contribution in [1.29, 1.82) is 0 Å². The van der Waals surface area contributed by atoms with Crippen LogP contribution in [-0.2, 0) is 25.7 Å². The van der Waals surface area contributed by atoms with Gasteiger partial charge in [0.15, 0.2) is 5.71 Å². The average Bonchev–Trinajstić information content (AvgIpc) is 3.13. The number of nitrogens with one attached hydrogen (secondary N) is 1. The van der Waals surface area contributed by atoms with Crippen LogP contribution in [0.5, 0.6) is 0 Å². The summed E-state index contributed by atoms with van der Waals surface area (Å²) >= 11 is 0. The van der Waals surface area contributed by atoms with E-state index in [1.54, 1.807) is 6.92 Å². The van der Waals surface area contributed by atoms with Crippen LogP contribution in [0, 0.1) is 5.92 Å². The summed E-state index contributed by atoms with van der Waals surface area (Å²) in [4.78, 5) is 36.6. The van der Waals surface area contributed by atoms with Gasteiger partial charge in [-0.2, -0.15) is 5.10 Å². The van der Waals surface area contributed by atoms with Crippen molar-refractivity contribution in [2.45, 2.75) is 19.5 Å². The minimum Gasteiger partial charge on any atom is -0.461 e. The average molecular weight is 325 g/mol.